The Morgan fingerprint density at radius 1 is 1.39 bits per heavy atom. The minimum absolute atomic E-state index is 0.00507. The first kappa shape index (κ1) is 11.8. The van der Waals surface area contributed by atoms with E-state index < -0.39 is 4.92 Å². The Kier molecular flexibility index (Phi) is 3.05. The van der Waals surface area contributed by atoms with Crippen LogP contribution in [0.2, 0.25) is 0 Å². The van der Waals surface area contributed by atoms with Gasteiger partial charge in [0.15, 0.2) is 0 Å². The first-order chi connectivity index (χ1) is 8.58. The SMILES string of the molecule is Cc1c(Oc2ccnc(N)n2)cccc1[N+](=O)[O-]. The minimum Gasteiger partial charge on any atom is -0.438 e. The largest absolute Gasteiger partial charge is 0.438 e. The molecule has 0 spiro atoms. The molecule has 0 bridgehead atoms. The molecule has 2 aromatic rings. The molecular weight excluding hydrogens is 236 g/mol. The lowest BCUT2D eigenvalue weighted by Gasteiger charge is -2.07. The quantitative estimate of drug-likeness (QED) is 0.656. The van der Waals surface area contributed by atoms with E-state index in [-0.39, 0.29) is 17.5 Å². The van der Waals surface area contributed by atoms with E-state index in [1.165, 1.54) is 18.3 Å². The zero-order chi connectivity index (χ0) is 13.1. The number of nitrogens with two attached hydrogens (primary N) is 1. The van der Waals surface area contributed by atoms with Crippen molar-refractivity contribution >= 4 is 11.6 Å². The average Bonchev–Trinajstić information content (AvgIpc) is 2.31. The predicted octanol–water partition coefficient (Wildman–Crippen LogP) is 2.07. The topological polar surface area (TPSA) is 104 Å². The van der Waals surface area contributed by atoms with Gasteiger partial charge in [0.05, 0.1) is 10.5 Å². The number of nitrogens with zero attached hydrogens (tertiary/aromatic N) is 3. The van der Waals surface area contributed by atoms with Crippen LogP contribution in [0.1, 0.15) is 5.56 Å². The van der Waals surface area contributed by atoms with Gasteiger partial charge in [0, 0.05) is 18.3 Å². The number of hydrogen-bond acceptors (Lipinski definition) is 6. The molecule has 1 aromatic carbocycles. The fraction of sp³-hybridized carbons (Fsp3) is 0.0909. The second kappa shape index (κ2) is 4.66. The number of aromatic nitrogens is 2. The van der Waals surface area contributed by atoms with Crippen molar-refractivity contribution < 1.29 is 9.66 Å². The molecule has 0 atom stereocenters. The van der Waals surface area contributed by atoms with Gasteiger partial charge in [-0.3, -0.25) is 10.1 Å². The van der Waals surface area contributed by atoms with Crippen LogP contribution in [0.5, 0.6) is 11.6 Å². The first-order valence-corrected chi connectivity index (χ1v) is 5.08. The first-order valence-electron chi connectivity index (χ1n) is 5.08. The van der Waals surface area contributed by atoms with Crippen molar-refractivity contribution in [1.29, 1.82) is 0 Å². The summed E-state index contributed by atoms with van der Waals surface area (Å²) in [5, 5.41) is 10.8. The van der Waals surface area contributed by atoms with E-state index in [0.29, 0.717) is 11.3 Å². The average molecular weight is 246 g/mol. The number of anilines is 1. The van der Waals surface area contributed by atoms with E-state index in [4.69, 9.17) is 10.5 Å². The summed E-state index contributed by atoms with van der Waals surface area (Å²) in [7, 11) is 0. The predicted molar refractivity (Wildman–Crippen MR) is 64.4 cm³/mol. The van der Waals surface area contributed by atoms with Crippen LogP contribution in [0.25, 0.3) is 0 Å². The van der Waals surface area contributed by atoms with Gasteiger partial charge in [-0.25, -0.2) is 4.98 Å². The molecule has 0 saturated heterocycles. The molecule has 0 aliphatic carbocycles. The van der Waals surface area contributed by atoms with Crippen LogP contribution in [0.3, 0.4) is 0 Å². The van der Waals surface area contributed by atoms with Gasteiger partial charge in [0.1, 0.15) is 5.75 Å². The van der Waals surface area contributed by atoms with E-state index >= 15 is 0 Å². The molecule has 18 heavy (non-hydrogen) atoms. The zero-order valence-corrected chi connectivity index (χ0v) is 9.53. The van der Waals surface area contributed by atoms with Gasteiger partial charge < -0.3 is 10.5 Å². The summed E-state index contributed by atoms with van der Waals surface area (Å²) < 4.78 is 5.45. The van der Waals surface area contributed by atoms with Gasteiger partial charge in [-0.2, -0.15) is 4.98 Å². The molecule has 0 aliphatic rings. The van der Waals surface area contributed by atoms with E-state index in [2.05, 4.69) is 9.97 Å². The Balaban J connectivity index is 2.35. The molecule has 0 radical (unpaired) electrons. The van der Waals surface area contributed by atoms with Crippen molar-refractivity contribution in [2.24, 2.45) is 0 Å². The van der Waals surface area contributed by atoms with Crippen LogP contribution in [-0.4, -0.2) is 14.9 Å². The Morgan fingerprint density at radius 3 is 2.83 bits per heavy atom. The van der Waals surface area contributed by atoms with Crippen molar-refractivity contribution in [2.75, 3.05) is 5.73 Å². The maximum atomic E-state index is 10.8. The molecule has 0 amide bonds. The van der Waals surface area contributed by atoms with Gasteiger partial charge in [-0.15, -0.1) is 0 Å². The van der Waals surface area contributed by atoms with Crippen molar-refractivity contribution in [3.8, 4) is 11.6 Å². The number of nitrogen functional groups attached to an aromatic ring is 1. The maximum Gasteiger partial charge on any atom is 0.276 e. The van der Waals surface area contributed by atoms with E-state index in [1.807, 2.05) is 0 Å². The lowest BCUT2D eigenvalue weighted by Crippen LogP contribution is -1.98. The van der Waals surface area contributed by atoms with Gasteiger partial charge in [0.2, 0.25) is 11.8 Å². The van der Waals surface area contributed by atoms with Crippen LogP contribution in [0, 0.1) is 17.0 Å². The molecule has 2 N–H and O–H groups in total. The Bertz CT molecular complexity index is 601. The molecule has 7 nitrogen and oxygen atoms in total. The van der Waals surface area contributed by atoms with Crippen molar-refractivity contribution in [1.82, 2.24) is 9.97 Å². The lowest BCUT2D eigenvalue weighted by atomic mass is 10.2. The molecular formula is C11H10N4O3. The van der Waals surface area contributed by atoms with Crippen LogP contribution >= 0.6 is 0 Å². The fourth-order valence-corrected chi connectivity index (χ4v) is 1.44. The summed E-state index contributed by atoms with van der Waals surface area (Å²) in [6.45, 7) is 1.61. The second-order valence-corrected chi connectivity index (χ2v) is 3.51. The standard InChI is InChI=1S/C11H10N4O3/c1-7-8(15(16)17)3-2-4-9(7)18-10-5-6-13-11(12)14-10/h2-6H,1H3,(H2,12,13,14). The van der Waals surface area contributed by atoms with Crippen LogP contribution in [0.15, 0.2) is 30.5 Å². The summed E-state index contributed by atoms with van der Waals surface area (Å²) in [6, 6.07) is 6.11. The highest BCUT2D eigenvalue weighted by Crippen LogP contribution is 2.30. The Labute approximate surface area is 102 Å². The van der Waals surface area contributed by atoms with Gasteiger partial charge in [-0.1, -0.05) is 6.07 Å². The minimum atomic E-state index is -0.462. The zero-order valence-electron chi connectivity index (χ0n) is 9.53. The van der Waals surface area contributed by atoms with Crippen LogP contribution < -0.4 is 10.5 Å². The third-order valence-corrected chi connectivity index (χ3v) is 2.32. The number of benzene rings is 1. The summed E-state index contributed by atoms with van der Waals surface area (Å²) in [4.78, 5) is 17.9. The third kappa shape index (κ3) is 2.34. The summed E-state index contributed by atoms with van der Waals surface area (Å²) >= 11 is 0. The number of hydrogen-bond donors (Lipinski definition) is 1. The molecule has 0 aliphatic heterocycles. The fourth-order valence-electron chi connectivity index (χ4n) is 1.44. The van der Waals surface area contributed by atoms with E-state index in [1.54, 1.807) is 19.1 Å². The molecule has 1 aromatic heterocycles. The molecule has 7 heteroatoms. The molecule has 92 valence electrons. The monoisotopic (exact) mass is 246 g/mol. The third-order valence-electron chi connectivity index (χ3n) is 2.32. The highest BCUT2D eigenvalue weighted by molar-refractivity contribution is 5.49. The highest BCUT2D eigenvalue weighted by atomic mass is 16.6. The maximum absolute atomic E-state index is 10.8. The summed E-state index contributed by atoms with van der Waals surface area (Å²) in [5.41, 5.74) is 5.84. The smallest absolute Gasteiger partial charge is 0.276 e. The second-order valence-electron chi connectivity index (χ2n) is 3.51. The van der Waals surface area contributed by atoms with Crippen LogP contribution in [-0.2, 0) is 0 Å². The lowest BCUT2D eigenvalue weighted by molar-refractivity contribution is -0.385. The number of rotatable bonds is 3. The molecule has 0 saturated carbocycles. The van der Waals surface area contributed by atoms with Gasteiger partial charge >= 0.3 is 0 Å². The van der Waals surface area contributed by atoms with E-state index in [0.717, 1.165) is 0 Å². The van der Waals surface area contributed by atoms with Crippen molar-refractivity contribution in [3.05, 3.63) is 46.1 Å². The summed E-state index contributed by atoms with van der Waals surface area (Å²) in [6.07, 6.45) is 1.45. The molecule has 0 unspecified atom stereocenters. The Hall–Kier alpha value is -2.70. The Morgan fingerprint density at radius 2 is 2.17 bits per heavy atom. The van der Waals surface area contributed by atoms with Crippen molar-refractivity contribution in [3.63, 3.8) is 0 Å². The molecule has 0 fully saturated rings. The molecule has 2 rings (SSSR count). The van der Waals surface area contributed by atoms with Gasteiger partial charge in [-0.05, 0) is 13.0 Å². The number of nitro benzene ring substituents is 1. The van der Waals surface area contributed by atoms with E-state index in [9.17, 15) is 10.1 Å². The van der Waals surface area contributed by atoms with Crippen molar-refractivity contribution in [2.45, 2.75) is 6.92 Å². The number of nitro groups is 1. The molecule has 1 heterocycles. The van der Waals surface area contributed by atoms with Gasteiger partial charge in [0.25, 0.3) is 5.69 Å². The normalized spacial score (nSPS) is 10.1. The van der Waals surface area contributed by atoms with Crippen LogP contribution in [0.4, 0.5) is 11.6 Å². The summed E-state index contributed by atoms with van der Waals surface area (Å²) in [5.74, 6) is 0.684. The number of ether oxygens (including phenoxy) is 1. The highest BCUT2D eigenvalue weighted by Gasteiger charge is 2.14.